The highest BCUT2D eigenvalue weighted by Crippen LogP contribution is 2.31. The molecule has 31 heavy (non-hydrogen) atoms. The van der Waals surface area contributed by atoms with Crippen molar-refractivity contribution in [3.05, 3.63) is 53.1 Å². The first-order valence-corrected chi connectivity index (χ1v) is 12.1. The second-order valence-electron chi connectivity index (χ2n) is 8.13. The number of ether oxygens (including phenoxy) is 2. The number of hydrogen-bond acceptors (Lipinski definition) is 5. The molecule has 4 rings (SSSR count). The van der Waals surface area contributed by atoms with Crippen molar-refractivity contribution in [2.75, 3.05) is 31.6 Å². The second-order valence-corrected chi connectivity index (χ2v) is 10.1. The largest absolute Gasteiger partial charge is 0.489 e. The van der Waals surface area contributed by atoms with E-state index in [9.17, 15) is 13.2 Å². The SMILES string of the molecule is CC(C)Oc1ccc(S(=O)(=O)N2CCOCC2)cc1NC(=O)c1ccc2c(c1)CCC2. The van der Waals surface area contributed by atoms with E-state index in [1.54, 1.807) is 6.07 Å². The number of aryl methyl sites for hydroxylation is 2. The lowest BCUT2D eigenvalue weighted by Gasteiger charge is -2.26. The maximum atomic E-state index is 13.1. The van der Waals surface area contributed by atoms with Gasteiger partial charge in [-0.2, -0.15) is 4.31 Å². The van der Waals surface area contributed by atoms with Crippen molar-refractivity contribution in [2.24, 2.45) is 0 Å². The van der Waals surface area contributed by atoms with Gasteiger partial charge in [0.15, 0.2) is 0 Å². The standard InChI is InChI=1S/C23H28N2O5S/c1-16(2)30-22-9-8-20(31(27,28)25-10-12-29-13-11-25)15-21(22)24-23(26)19-7-6-17-4-3-5-18(17)14-19/h6-9,14-16H,3-5,10-13H2,1-2H3,(H,24,26). The molecule has 0 aromatic heterocycles. The molecular weight excluding hydrogens is 416 g/mol. The Kier molecular flexibility index (Phi) is 6.31. The summed E-state index contributed by atoms with van der Waals surface area (Å²) in [4.78, 5) is 13.1. The Balaban J connectivity index is 1.64. The normalized spacial score (nSPS) is 16.9. The van der Waals surface area contributed by atoms with Crippen molar-refractivity contribution < 1.29 is 22.7 Å². The molecule has 2 aliphatic rings. The number of anilines is 1. The predicted octanol–water partition coefficient (Wildman–Crippen LogP) is 3.24. The Hall–Kier alpha value is -2.42. The summed E-state index contributed by atoms with van der Waals surface area (Å²) in [7, 11) is -3.69. The van der Waals surface area contributed by atoms with Crippen LogP contribution in [-0.4, -0.2) is 51.0 Å². The van der Waals surface area contributed by atoms with Crippen LogP contribution in [0, 0.1) is 0 Å². The number of benzene rings is 2. The van der Waals surface area contributed by atoms with Gasteiger partial charge in [0.1, 0.15) is 5.75 Å². The first-order chi connectivity index (χ1) is 14.8. The van der Waals surface area contributed by atoms with Crippen molar-refractivity contribution in [3.8, 4) is 5.75 Å². The average molecular weight is 445 g/mol. The third kappa shape index (κ3) is 4.76. The fourth-order valence-corrected chi connectivity index (χ4v) is 5.40. The number of sulfonamides is 1. The van der Waals surface area contributed by atoms with E-state index in [2.05, 4.69) is 5.32 Å². The van der Waals surface area contributed by atoms with E-state index in [1.165, 1.54) is 27.6 Å². The Morgan fingerprint density at radius 2 is 1.81 bits per heavy atom. The van der Waals surface area contributed by atoms with E-state index in [4.69, 9.17) is 9.47 Å². The van der Waals surface area contributed by atoms with Crippen LogP contribution < -0.4 is 10.1 Å². The lowest BCUT2D eigenvalue weighted by molar-refractivity contribution is 0.0730. The van der Waals surface area contributed by atoms with Gasteiger partial charge in [-0.1, -0.05) is 6.07 Å². The average Bonchev–Trinajstić information content (AvgIpc) is 3.23. The van der Waals surface area contributed by atoms with Crippen LogP contribution in [0.3, 0.4) is 0 Å². The third-order valence-corrected chi connectivity index (χ3v) is 7.43. The number of amides is 1. The quantitative estimate of drug-likeness (QED) is 0.739. The fourth-order valence-electron chi connectivity index (χ4n) is 3.97. The molecule has 7 nitrogen and oxygen atoms in total. The van der Waals surface area contributed by atoms with Crippen LogP contribution in [0.25, 0.3) is 0 Å². The van der Waals surface area contributed by atoms with E-state index in [-0.39, 0.29) is 16.9 Å². The lowest BCUT2D eigenvalue weighted by Crippen LogP contribution is -2.40. The van der Waals surface area contributed by atoms with E-state index in [0.29, 0.717) is 43.3 Å². The minimum Gasteiger partial charge on any atom is -0.489 e. The number of morpholine rings is 1. The molecule has 1 aliphatic heterocycles. The minimum atomic E-state index is -3.69. The van der Waals surface area contributed by atoms with Gasteiger partial charge < -0.3 is 14.8 Å². The van der Waals surface area contributed by atoms with E-state index in [1.807, 2.05) is 32.0 Å². The molecule has 1 N–H and O–H groups in total. The zero-order chi connectivity index (χ0) is 22.0. The monoisotopic (exact) mass is 444 g/mol. The molecule has 0 unspecified atom stereocenters. The summed E-state index contributed by atoms with van der Waals surface area (Å²) < 4.78 is 38.6. The van der Waals surface area contributed by atoms with Crippen molar-refractivity contribution >= 4 is 21.6 Å². The number of nitrogens with zero attached hydrogens (tertiary/aromatic N) is 1. The first kappa shape index (κ1) is 21.8. The molecule has 1 heterocycles. The van der Waals surface area contributed by atoms with E-state index in [0.717, 1.165) is 19.3 Å². The maximum absolute atomic E-state index is 13.1. The summed E-state index contributed by atoms with van der Waals surface area (Å²) in [5.41, 5.74) is 3.39. The Bertz CT molecular complexity index is 1080. The number of fused-ring (bicyclic) bond motifs is 1. The van der Waals surface area contributed by atoms with Gasteiger partial charge in [-0.15, -0.1) is 0 Å². The smallest absolute Gasteiger partial charge is 0.255 e. The predicted molar refractivity (Wildman–Crippen MR) is 118 cm³/mol. The van der Waals surface area contributed by atoms with Gasteiger partial charge in [0.25, 0.3) is 5.91 Å². The summed E-state index contributed by atoms with van der Waals surface area (Å²) >= 11 is 0. The van der Waals surface area contributed by atoms with Gasteiger partial charge in [0, 0.05) is 18.7 Å². The molecule has 1 fully saturated rings. The maximum Gasteiger partial charge on any atom is 0.255 e. The van der Waals surface area contributed by atoms with Crippen LogP contribution in [0.15, 0.2) is 41.3 Å². The van der Waals surface area contributed by atoms with Gasteiger partial charge in [0.05, 0.1) is 29.9 Å². The van der Waals surface area contributed by atoms with Crippen LogP contribution >= 0.6 is 0 Å². The summed E-state index contributed by atoms with van der Waals surface area (Å²) in [6.45, 7) is 5.12. The molecule has 8 heteroatoms. The molecule has 0 spiro atoms. The van der Waals surface area contributed by atoms with Crippen LogP contribution in [0.2, 0.25) is 0 Å². The number of hydrogen-bond donors (Lipinski definition) is 1. The van der Waals surface area contributed by atoms with Crippen molar-refractivity contribution in [3.63, 3.8) is 0 Å². The minimum absolute atomic E-state index is 0.120. The highest BCUT2D eigenvalue weighted by atomic mass is 32.2. The second kappa shape index (κ2) is 8.98. The number of carbonyl (C=O) groups excluding carboxylic acids is 1. The summed E-state index contributed by atoms with van der Waals surface area (Å²) in [5.74, 6) is 0.148. The molecule has 0 bridgehead atoms. The number of carbonyl (C=O) groups is 1. The molecule has 166 valence electrons. The molecule has 1 amide bonds. The van der Waals surface area contributed by atoms with Crippen molar-refractivity contribution in [1.29, 1.82) is 0 Å². The Labute approximate surface area is 183 Å². The molecule has 0 radical (unpaired) electrons. The highest BCUT2D eigenvalue weighted by molar-refractivity contribution is 7.89. The molecule has 2 aromatic rings. The summed E-state index contributed by atoms with van der Waals surface area (Å²) in [6.07, 6.45) is 3.00. The van der Waals surface area contributed by atoms with Crippen molar-refractivity contribution in [2.45, 2.75) is 44.1 Å². The first-order valence-electron chi connectivity index (χ1n) is 10.7. The Morgan fingerprint density at radius 3 is 2.55 bits per heavy atom. The van der Waals surface area contributed by atoms with Crippen LogP contribution in [0.5, 0.6) is 5.75 Å². The van der Waals surface area contributed by atoms with Crippen LogP contribution in [0.1, 0.15) is 41.8 Å². The van der Waals surface area contributed by atoms with E-state index < -0.39 is 10.0 Å². The van der Waals surface area contributed by atoms with Gasteiger partial charge >= 0.3 is 0 Å². The zero-order valence-corrected chi connectivity index (χ0v) is 18.7. The topological polar surface area (TPSA) is 84.9 Å². The third-order valence-electron chi connectivity index (χ3n) is 5.53. The highest BCUT2D eigenvalue weighted by Gasteiger charge is 2.27. The molecule has 0 atom stereocenters. The molecular formula is C23H28N2O5S. The van der Waals surface area contributed by atoms with Crippen LogP contribution in [-0.2, 0) is 27.6 Å². The van der Waals surface area contributed by atoms with Gasteiger partial charge in [0.2, 0.25) is 10.0 Å². The van der Waals surface area contributed by atoms with Gasteiger partial charge in [-0.3, -0.25) is 4.79 Å². The zero-order valence-electron chi connectivity index (χ0n) is 17.9. The molecule has 1 aliphatic carbocycles. The van der Waals surface area contributed by atoms with Crippen LogP contribution in [0.4, 0.5) is 5.69 Å². The Morgan fingerprint density at radius 1 is 1.06 bits per heavy atom. The molecule has 2 aromatic carbocycles. The summed E-state index contributed by atoms with van der Waals surface area (Å²) in [6, 6.07) is 10.3. The fraction of sp³-hybridized carbons (Fsp3) is 0.435. The van der Waals surface area contributed by atoms with E-state index >= 15 is 0 Å². The number of rotatable bonds is 6. The van der Waals surface area contributed by atoms with Gasteiger partial charge in [-0.05, 0) is 74.6 Å². The van der Waals surface area contributed by atoms with Crippen molar-refractivity contribution in [1.82, 2.24) is 4.31 Å². The molecule has 0 saturated carbocycles. The summed E-state index contributed by atoms with van der Waals surface area (Å²) in [5, 5.41) is 2.87. The van der Waals surface area contributed by atoms with Gasteiger partial charge in [-0.25, -0.2) is 8.42 Å². The lowest BCUT2D eigenvalue weighted by atomic mass is 10.1. The number of nitrogens with one attached hydrogen (secondary N) is 1. The molecule has 1 saturated heterocycles.